The van der Waals surface area contributed by atoms with Gasteiger partial charge in [0.1, 0.15) is 0 Å². The second-order valence-electron chi connectivity index (χ2n) is 8.31. The molecule has 4 rings (SSSR count). The van der Waals surface area contributed by atoms with Crippen LogP contribution in [0.5, 0.6) is 0 Å². The zero-order valence-electron chi connectivity index (χ0n) is 18.4. The molecule has 0 bridgehead atoms. The number of carbonyl (C=O) groups is 2. The summed E-state index contributed by atoms with van der Waals surface area (Å²) in [7, 11) is 3.93. The van der Waals surface area contributed by atoms with E-state index in [9.17, 15) is 9.59 Å². The van der Waals surface area contributed by atoms with Crippen LogP contribution in [-0.4, -0.2) is 48.8 Å². The highest BCUT2D eigenvalue weighted by atomic mass is 35.5. The quantitative estimate of drug-likeness (QED) is 0.483. The van der Waals surface area contributed by atoms with Crippen molar-refractivity contribution < 1.29 is 9.59 Å². The topological polar surface area (TPSA) is 52.7 Å². The fourth-order valence-electron chi connectivity index (χ4n) is 4.15. The van der Waals surface area contributed by atoms with Crippen LogP contribution in [0, 0.1) is 0 Å². The number of carbonyl (C=O) groups excluding carboxylic acids is 2. The van der Waals surface area contributed by atoms with Gasteiger partial charge in [-0.1, -0.05) is 53.5 Å². The van der Waals surface area contributed by atoms with Crippen molar-refractivity contribution in [3.05, 3.63) is 91.6 Å². The largest absolute Gasteiger partial charge is 0.354 e. The summed E-state index contributed by atoms with van der Waals surface area (Å²) in [6, 6.07) is 18.1. The van der Waals surface area contributed by atoms with Gasteiger partial charge < -0.3 is 15.1 Å². The zero-order valence-corrected chi connectivity index (χ0v) is 20.8. The molecule has 2 atom stereocenters. The number of likely N-dealkylation sites (N-methyl/N-ethyl adjacent to an activating group) is 1. The summed E-state index contributed by atoms with van der Waals surface area (Å²) in [5.41, 5.74) is 2.23. The van der Waals surface area contributed by atoms with Crippen LogP contribution in [0.15, 0.2) is 60.7 Å². The average Bonchev–Trinajstić information content (AvgIpc) is 3.22. The van der Waals surface area contributed by atoms with Crippen LogP contribution >= 0.6 is 34.5 Å². The zero-order chi connectivity index (χ0) is 23.5. The Bertz CT molecular complexity index is 1150. The highest BCUT2D eigenvalue weighted by molar-refractivity contribution is 7.16. The van der Waals surface area contributed by atoms with E-state index in [2.05, 4.69) is 5.32 Å². The maximum atomic E-state index is 13.7. The van der Waals surface area contributed by atoms with Crippen molar-refractivity contribution in [3.63, 3.8) is 0 Å². The number of thiophene rings is 1. The molecule has 33 heavy (non-hydrogen) atoms. The molecule has 2 aromatic carbocycles. The summed E-state index contributed by atoms with van der Waals surface area (Å²) in [6.45, 7) is 1.60. The first kappa shape index (κ1) is 23.8. The van der Waals surface area contributed by atoms with Crippen molar-refractivity contribution >= 4 is 46.4 Å². The number of hydrogen-bond acceptors (Lipinski definition) is 4. The predicted octanol–water partition coefficient (Wildman–Crippen LogP) is 5.21. The molecule has 2 unspecified atom stereocenters. The maximum Gasteiger partial charge on any atom is 0.255 e. The second-order valence-corrected chi connectivity index (χ2v) is 10.5. The molecule has 0 radical (unpaired) electrons. The Balaban J connectivity index is 1.78. The Morgan fingerprint density at radius 3 is 2.45 bits per heavy atom. The molecule has 2 amide bonds. The first-order chi connectivity index (χ1) is 15.8. The van der Waals surface area contributed by atoms with Crippen molar-refractivity contribution in [2.24, 2.45) is 0 Å². The van der Waals surface area contributed by atoms with Gasteiger partial charge in [0, 0.05) is 35.1 Å². The van der Waals surface area contributed by atoms with Crippen molar-refractivity contribution in [2.75, 3.05) is 27.2 Å². The van der Waals surface area contributed by atoms with Gasteiger partial charge in [-0.25, -0.2) is 0 Å². The van der Waals surface area contributed by atoms with Gasteiger partial charge in [0.15, 0.2) is 0 Å². The van der Waals surface area contributed by atoms with Crippen LogP contribution < -0.4 is 5.32 Å². The fraction of sp³-hybridized carbons (Fsp3) is 0.280. The van der Waals surface area contributed by atoms with E-state index in [4.69, 9.17) is 23.2 Å². The molecule has 0 saturated heterocycles. The molecule has 0 aliphatic carbocycles. The minimum atomic E-state index is -0.553. The number of nitrogens with zero attached hydrogens (tertiary/aromatic N) is 2. The third kappa shape index (κ3) is 5.25. The van der Waals surface area contributed by atoms with Gasteiger partial charge in [0.2, 0.25) is 5.91 Å². The van der Waals surface area contributed by atoms with E-state index < -0.39 is 12.0 Å². The molecular formula is C25H25Cl2N3O2S. The van der Waals surface area contributed by atoms with E-state index in [0.29, 0.717) is 28.0 Å². The number of nitrogens with one attached hydrogen (secondary N) is 1. The van der Waals surface area contributed by atoms with E-state index in [1.807, 2.05) is 73.6 Å². The molecule has 2 heterocycles. The highest BCUT2D eigenvalue weighted by Gasteiger charge is 2.44. The van der Waals surface area contributed by atoms with Crippen LogP contribution in [0.3, 0.4) is 0 Å². The Kier molecular flexibility index (Phi) is 7.39. The molecule has 0 saturated carbocycles. The lowest BCUT2D eigenvalue weighted by molar-refractivity contribution is -0.124. The number of amides is 2. The van der Waals surface area contributed by atoms with Crippen LogP contribution in [0.1, 0.15) is 38.3 Å². The van der Waals surface area contributed by atoms with Crippen LogP contribution in [-0.2, 0) is 11.3 Å². The first-order valence-corrected chi connectivity index (χ1v) is 12.2. The third-order valence-corrected chi connectivity index (χ3v) is 7.28. The average molecular weight is 502 g/mol. The molecule has 172 valence electrons. The minimum absolute atomic E-state index is 0.104. The van der Waals surface area contributed by atoms with E-state index in [-0.39, 0.29) is 11.8 Å². The normalized spacial score (nSPS) is 17.8. The van der Waals surface area contributed by atoms with E-state index in [0.717, 1.165) is 22.5 Å². The smallest absolute Gasteiger partial charge is 0.255 e. The molecule has 1 N–H and O–H groups in total. The van der Waals surface area contributed by atoms with Crippen LogP contribution in [0.2, 0.25) is 9.36 Å². The van der Waals surface area contributed by atoms with E-state index >= 15 is 0 Å². The van der Waals surface area contributed by atoms with E-state index in [1.165, 1.54) is 11.3 Å². The van der Waals surface area contributed by atoms with Gasteiger partial charge in [0.05, 0.1) is 16.3 Å². The molecule has 8 heteroatoms. The van der Waals surface area contributed by atoms with Gasteiger partial charge >= 0.3 is 0 Å². The lowest BCUT2D eigenvalue weighted by Gasteiger charge is -2.41. The summed E-state index contributed by atoms with van der Waals surface area (Å²) in [4.78, 5) is 31.9. The molecule has 1 aromatic heterocycles. The molecule has 0 spiro atoms. The van der Waals surface area contributed by atoms with Crippen molar-refractivity contribution in [3.8, 4) is 0 Å². The number of halogens is 2. The Labute approximate surface area is 207 Å². The number of hydrogen-bond donors (Lipinski definition) is 1. The molecule has 1 aliphatic rings. The SMILES string of the molecule is CN(C)CCNC(=O)C1c2ccccc2C(=O)N(Cc2ccc(Cl)cc2)C1c1ccc(Cl)s1. The van der Waals surface area contributed by atoms with Gasteiger partial charge in [-0.05, 0) is 55.6 Å². The fourth-order valence-corrected chi connectivity index (χ4v) is 5.49. The summed E-state index contributed by atoms with van der Waals surface area (Å²) in [5.74, 6) is -0.761. The van der Waals surface area contributed by atoms with Gasteiger partial charge in [-0.2, -0.15) is 0 Å². The van der Waals surface area contributed by atoms with Gasteiger partial charge in [-0.15, -0.1) is 11.3 Å². The van der Waals surface area contributed by atoms with Crippen molar-refractivity contribution in [1.29, 1.82) is 0 Å². The van der Waals surface area contributed by atoms with Gasteiger partial charge in [-0.3, -0.25) is 9.59 Å². The molecule has 3 aromatic rings. The Hall–Kier alpha value is -2.38. The standard InChI is InChI=1S/C25H25Cl2N3O2S/c1-29(2)14-13-28-24(31)22-18-5-3-4-6-19(18)25(32)30(15-16-7-9-17(26)10-8-16)23(22)20-11-12-21(27)33-20/h3-12,22-23H,13-15H2,1-2H3,(H,28,31). The lowest BCUT2D eigenvalue weighted by atomic mass is 9.81. The second kappa shape index (κ2) is 10.3. The summed E-state index contributed by atoms with van der Waals surface area (Å²) < 4.78 is 0.620. The molecule has 1 aliphatic heterocycles. The molecular weight excluding hydrogens is 477 g/mol. The predicted molar refractivity (Wildman–Crippen MR) is 134 cm³/mol. The molecule has 0 fully saturated rings. The number of benzene rings is 2. The maximum absolute atomic E-state index is 13.7. The van der Waals surface area contributed by atoms with Crippen LogP contribution in [0.4, 0.5) is 0 Å². The summed E-state index contributed by atoms with van der Waals surface area (Å²) in [6.07, 6.45) is 0. The monoisotopic (exact) mass is 501 g/mol. The third-order valence-electron chi connectivity index (χ3n) is 5.73. The first-order valence-electron chi connectivity index (χ1n) is 10.7. The van der Waals surface area contributed by atoms with Crippen molar-refractivity contribution in [1.82, 2.24) is 15.1 Å². The minimum Gasteiger partial charge on any atom is -0.354 e. The van der Waals surface area contributed by atoms with Crippen LogP contribution in [0.25, 0.3) is 0 Å². The lowest BCUT2D eigenvalue weighted by Crippen LogP contribution is -2.47. The Morgan fingerprint density at radius 1 is 1.06 bits per heavy atom. The Morgan fingerprint density at radius 2 is 1.79 bits per heavy atom. The number of rotatable bonds is 7. The van der Waals surface area contributed by atoms with E-state index in [1.54, 1.807) is 11.0 Å². The summed E-state index contributed by atoms with van der Waals surface area (Å²) >= 11 is 13.7. The highest BCUT2D eigenvalue weighted by Crippen LogP contribution is 2.46. The molecule has 5 nitrogen and oxygen atoms in total. The number of fused-ring (bicyclic) bond motifs is 1. The van der Waals surface area contributed by atoms with Gasteiger partial charge in [0.25, 0.3) is 5.91 Å². The summed E-state index contributed by atoms with van der Waals surface area (Å²) in [5, 5.41) is 3.71. The van der Waals surface area contributed by atoms with Crippen molar-refractivity contribution in [2.45, 2.75) is 18.5 Å².